The average Bonchev–Trinajstić information content (AvgIpc) is 3.26. The number of nitriles is 1. The van der Waals surface area contributed by atoms with Crippen molar-refractivity contribution in [3.05, 3.63) is 65.5 Å². The molecule has 0 aliphatic heterocycles. The molecule has 3 N–H and O–H groups in total. The van der Waals surface area contributed by atoms with E-state index in [9.17, 15) is 10.1 Å². The van der Waals surface area contributed by atoms with Crippen LogP contribution < -0.4 is 11.1 Å². The van der Waals surface area contributed by atoms with Crippen LogP contribution >= 0.6 is 0 Å². The van der Waals surface area contributed by atoms with E-state index in [0.717, 1.165) is 35.0 Å². The lowest BCUT2D eigenvalue weighted by Crippen LogP contribution is -2.42. The number of hydrogen-bond donors (Lipinski definition) is 2. The van der Waals surface area contributed by atoms with Gasteiger partial charge in [-0.3, -0.25) is 4.79 Å². The minimum Gasteiger partial charge on any atom is -0.350 e. The van der Waals surface area contributed by atoms with E-state index in [0.29, 0.717) is 29.5 Å². The number of carbonyl (C=O) groups is 1. The van der Waals surface area contributed by atoms with E-state index >= 15 is 0 Å². The summed E-state index contributed by atoms with van der Waals surface area (Å²) in [7, 11) is 0. The van der Waals surface area contributed by atoms with Crippen LogP contribution in [0.1, 0.15) is 29.9 Å². The van der Waals surface area contributed by atoms with Crippen LogP contribution in [0.25, 0.3) is 28.1 Å². The Bertz CT molecular complexity index is 1340. The first-order valence-corrected chi connectivity index (χ1v) is 10.0. The predicted molar refractivity (Wildman–Crippen MR) is 114 cm³/mol. The van der Waals surface area contributed by atoms with Gasteiger partial charge in [0.2, 0.25) is 17.6 Å². The summed E-state index contributed by atoms with van der Waals surface area (Å²) < 4.78 is 7.13. The van der Waals surface area contributed by atoms with Crippen molar-refractivity contribution in [2.75, 3.05) is 0 Å². The highest BCUT2D eigenvalue weighted by molar-refractivity contribution is 5.95. The smallest absolute Gasteiger partial charge is 0.240 e. The normalized spacial score (nSPS) is 14.4. The Morgan fingerprint density at radius 1 is 1.26 bits per heavy atom. The number of aryl methyl sites for hydroxylation is 1. The van der Waals surface area contributed by atoms with E-state index in [4.69, 9.17) is 10.3 Å². The third kappa shape index (κ3) is 3.25. The number of amides is 1. The first-order chi connectivity index (χ1) is 15.0. The van der Waals surface area contributed by atoms with Crippen molar-refractivity contribution in [1.82, 2.24) is 20.0 Å². The van der Waals surface area contributed by atoms with Gasteiger partial charge in [-0.2, -0.15) is 10.2 Å². The molecule has 0 radical (unpaired) electrons. The monoisotopic (exact) mass is 412 g/mol. The quantitative estimate of drug-likeness (QED) is 0.519. The van der Waals surface area contributed by atoms with Gasteiger partial charge in [-0.05, 0) is 36.6 Å². The predicted octanol–water partition coefficient (Wildman–Crippen LogP) is 2.97. The lowest BCUT2D eigenvalue weighted by Gasteiger charge is -2.12. The molecule has 1 aliphatic rings. The Hall–Kier alpha value is -3.96. The Labute approximate surface area is 178 Å². The Morgan fingerprint density at radius 3 is 2.65 bits per heavy atom. The zero-order valence-corrected chi connectivity index (χ0v) is 16.9. The molecule has 0 unspecified atom stereocenters. The Morgan fingerprint density at radius 2 is 2.00 bits per heavy atom. The molecular formula is C23H20N6O2. The molecule has 154 valence electrons. The Kier molecular flexibility index (Phi) is 4.34. The number of nitrogens with one attached hydrogen (secondary N) is 1. The van der Waals surface area contributed by atoms with Crippen LogP contribution in [0.5, 0.6) is 0 Å². The second kappa shape index (κ2) is 7.07. The lowest BCUT2D eigenvalue weighted by molar-refractivity contribution is -0.123. The number of rotatable bonds is 5. The minimum atomic E-state index is -0.685. The molecule has 2 aromatic carbocycles. The zero-order chi connectivity index (χ0) is 21.6. The van der Waals surface area contributed by atoms with Crippen LogP contribution in [0.2, 0.25) is 0 Å². The zero-order valence-electron chi connectivity index (χ0n) is 16.9. The standard InChI is InChI=1S/C23H20N6O2/c1-14-27-21(28-31-14)20-18(12-24)17-4-2-3-5-19(17)29(20)16-8-6-15(7-9-16)13-26-22(30)23(25)10-11-23/h2-9H,10-11,13,25H2,1H3,(H,26,30). The number of nitrogens with zero attached hydrogens (tertiary/aromatic N) is 4. The van der Waals surface area contributed by atoms with E-state index in [1.807, 2.05) is 53.1 Å². The van der Waals surface area contributed by atoms with Crippen molar-refractivity contribution >= 4 is 16.8 Å². The molecule has 0 spiro atoms. The lowest BCUT2D eigenvalue weighted by atomic mass is 10.1. The third-order valence-electron chi connectivity index (χ3n) is 5.61. The average molecular weight is 412 g/mol. The molecule has 31 heavy (non-hydrogen) atoms. The van der Waals surface area contributed by atoms with E-state index in [1.54, 1.807) is 6.92 Å². The first kappa shape index (κ1) is 19.0. The molecule has 8 nitrogen and oxygen atoms in total. The highest BCUT2D eigenvalue weighted by Crippen LogP contribution is 2.35. The molecule has 1 fully saturated rings. The molecule has 0 saturated heterocycles. The highest BCUT2D eigenvalue weighted by atomic mass is 16.5. The summed E-state index contributed by atoms with van der Waals surface area (Å²) in [5.74, 6) is 0.677. The minimum absolute atomic E-state index is 0.110. The number of para-hydroxylation sites is 1. The Balaban J connectivity index is 1.55. The molecule has 2 heterocycles. The maximum atomic E-state index is 12.1. The summed E-state index contributed by atoms with van der Waals surface area (Å²) in [5, 5.41) is 17.6. The summed E-state index contributed by atoms with van der Waals surface area (Å²) in [6.45, 7) is 2.12. The van der Waals surface area contributed by atoms with Crippen molar-refractivity contribution < 1.29 is 9.32 Å². The van der Waals surface area contributed by atoms with Crippen molar-refractivity contribution in [3.63, 3.8) is 0 Å². The second-order valence-electron chi connectivity index (χ2n) is 7.83. The number of aromatic nitrogens is 3. The van der Waals surface area contributed by atoms with Crippen LogP contribution in [-0.2, 0) is 11.3 Å². The van der Waals surface area contributed by atoms with Gasteiger partial charge in [-0.1, -0.05) is 35.5 Å². The number of carbonyl (C=O) groups excluding carboxylic acids is 1. The SMILES string of the molecule is Cc1nc(-c2c(C#N)c3ccccc3n2-c2ccc(CNC(=O)C3(N)CC3)cc2)no1. The topological polar surface area (TPSA) is 123 Å². The number of fused-ring (bicyclic) bond motifs is 1. The van der Waals surface area contributed by atoms with E-state index in [-0.39, 0.29) is 5.91 Å². The molecule has 1 aliphatic carbocycles. The molecule has 5 rings (SSSR count). The first-order valence-electron chi connectivity index (χ1n) is 10.0. The highest BCUT2D eigenvalue weighted by Gasteiger charge is 2.45. The summed E-state index contributed by atoms with van der Waals surface area (Å²) >= 11 is 0. The van der Waals surface area contributed by atoms with Gasteiger partial charge < -0.3 is 20.1 Å². The molecule has 1 saturated carbocycles. The van der Waals surface area contributed by atoms with Crippen molar-refractivity contribution in [2.45, 2.75) is 31.8 Å². The van der Waals surface area contributed by atoms with Gasteiger partial charge in [-0.15, -0.1) is 0 Å². The van der Waals surface area contributed by atoms with Gasteiger partial charge in [-0.25, -0.2) is 0 Å². The van der Waals surface area contributed by atoms with Crippen LogP contribution in [-0.4, -0.2) is 26.2 Å². The van der Waals surface area contributed by atoms with Crippen LogP contribution in [0.4, 0.5) is 0 Å². The fourth-order valence-corrected chi connectivity index (χ4v) is 3.71. The van der Waals surface area contributed by atoms with Crippen LogP contribution in [0.3, 0.4) is 0 Å². The van der Waals surface area contributed by atoms with E-state index in [2.05, 4.69) is 21.5 Å². The third-order valence-corrected chi connectivity index (χ3v) is 5.61. The van der Waals surface area contributed by atoms with Crippen LogP contribution in [0.15, 0.2) is 53.1 Å². The maximum absolute atomic E-state index is 12.1. The van der Waals surface area contributed by atoms with Crippen LogP contribution in [0, 0.1) is 18.3 Å². The molecule has 0 bridgehead atoms. The number of nitrogens with two attached hydrogens (primary N) is 1. The number of hydrogen-bond acceptors (Lipinski definition) is 6. The van der Waals surface area contributed by atoms with Gasteiger partial charge in [0.05, 0.1) is 16.6 Å². The largest absolute Gasteiger partial charge is 0.350 e. The second-order valence-corrected chi connectivity index (χ2v) is 7.83. The van der Waals surface area contributed by atoms with Crippen molar-refractivity contribution in [2.24, 2.45) is 5.73 Å². The molecule has 2 aromatic heterocycles. The van der Waals surface area contributed by atoms with E-state index < -0.39 is 5.54 Å². The van der Waals surface area contributed by atoms with Gasteiger partial charge in [0, 0.05) is 24.5 Å². The summed E-state index contributed by atoms with van der Waals surface area (Å²) in [6, 6.07) is 17.8. The molecule has 0 atom stereocenters. The van der Waals surface area contributed by atoms with Gasteiger partial charge in [0.15, 0.2) is 0 Å². The fraction of sp³-hybridized carbons (Fsp3) is 0.217. The van der Waals surface area contributed by atoms with E-state index in [1.165, 1.54) is 0 Å². The molecule has 8 heteroatoms. The molecule has 4 aromatic rings. The number of benzene rings is 2. The van der Waals surface area contributed by atoms with Gasteiger partial charge in [0.1, 0.15) is 11.8 Å². The van der Waals surface area contributed by atoms with Crippen molar-refractivity contribution in [1.29, 1.82) is 5.26 Å². The van der Waals surface area contributed by atoms with Gasteiger partial charge >= 0.3 is 0 Å². The summed E-state index contributed by atoms with van der Waals surface area (Å²) in [4.78, 5) is 16.4. The van der Waals surface area contributed by atoms with Crippen molar-refractivity contribution in [3.8, 4) is 23.3 Å². The van der Waals surface area contributed by atoms with Gasteiger partial charge in [0.25, 0.3) is 0 Å². The fourth-order valence-electron chi connectivity index (χ4n) is 3.71. The summed E-state index contributed by atoms with van der Waals surface area (Å²) in [5.41, 5.74) is 9.00. The molecular weight excluding hydrogens is 392 g/mol. The molecule has 1 amide bonds. The maximum Gasteiger partial charge on any atom is 0.240 e. The summed E-state index contributed by atoms with van der Waals surface area (Å²) in [6.07, 6.45) is 1.47.